The number of alkyl halides is 3. The van der Waals surface area contributed by atoms with Crippen LogP contribution in [0.2, 0.25) is 0 Å². The van der Waals surface area contributed by atoms with Crippen LogP contribution in [0, 0.1) is 13.8 Å². The molecule has 19 heavy (non-hydrogen) atoms. The summed E-state index contributed by atoms with van der Waals surface area (Å²) in [6, 6.07) is 10.4. The fraction of sp³-hybridized carbons (Fsp3) is 0.200. The molecule has 0 radical (unpaired) electrons. The molecular formula is C15H13F3O. The molecule has 0 bridgehead atoms. The first-order chi connectivity index (χ1) is 8.84. The van der Waals surface area contributed by atoms with E-state index in [1.165, 1.54) is 12.1 Å². The van der Waals surface area contributed by atoms with Crippen LogP contribution in [0.25, 0.3) is 0 Å². The van der Waals surface area contributed by atoms with E-state index in [-0.39, 0.29) is 5.75 Å². The summed E-state index contributed by atoms with van der Waals surface area (Å²) >= 11 is 0. The molecular weight excluding hydrogens is 253 g/mol. The van der Waals surface area contributed by atoms with E-state index in [4.69, 9.17) is 4.74 Å². The Bertz CT molecular complexity index is 568. The number of benzene rings is 2. The smallest absolute Gasteiger partial charge is 0.416 e. The topological polar surface area (TPSA) is 9.23 Å². The number of ether oxygens (including phenoxy) is 1. The van der Waals surface area contributed by atoms with Crippen LogP contribution in [-0.2, 0) is 6.18 Å². The zero-order valence-corrected chi connectivity index (χ0v) is 10.6. The van der Waals surface area contributed by atoms with Crippen LogP contribution < -0.4 is 4.74 Å². The highest BCUT2D eigenvalue weighted by Crippen LogP contribution is 2.32. The van der Waals surface area contributed by atoms with Gasteiger partial charge in [-0.1, -0.05) is 12.1 Å². The predicted octanol–water partition coefficient (Wildman–Crippen LogP) is 5.11. The summed E-state index contributed by atoms with van der Waals surface area (Å²) in [4.78, 5) is 0. The maximum absolute atomic E-state index is 12.6. The van der Waals surface area contributed by atoms with Crippen LogP contribution in [0.15, 0.2) is 42.5 Å². The second kappa shape index (κ2) is 4.96. The molecule has 0 saturated carbocycles. The van der Waals surface area contributed by atoms with Crippen molar-refractivity contribution in [1.29, 1.82) is 0 Å². The molecule has 0 atom stereocenters. The molecule has 0 heterocycles. The summed E-state index contributed by atoms with van der Waals surface area (Å²) in [5.74, 6) is 0.719. The van der Waals surface area contributed by atoms with E-state index in [1.54, 1.807) is 12.1 Å². The quantitative estimate of drug-likeness (QED) is 0.733. The molecule has 0 aliphatic rings. The molecule has 4 heteroatoms. The van der Waals surface area contributed by atoms with Crippen LogP contribution in [0.1, 0.15) is 16.7 Å². The number of halogens is 3. The lowest BCUT2D eigenvalue weighted by atomic mass is 10.1. The summed E-state index contributed by atoms with van der Waals surface area (Å²) in [6.07, 6.45) is -4.36. The van der Waals surface area contributed by atoms with E-state index in [0.29, 0.717) is 5.75 Å². The standard InChI is InChI=1S/C15H13F3O/c1-10-6-11(2)8-14(7-10)19-13-5-3-4-12(9-13)15(16,17)18/h3-9H,1-2H3. The molecule has 0 unspecified atom stereocenters. The van der Waals surface area contributed by atoms with Gasteiger partial charge in [-0.15, -0.1) is 0 Å². The van der Waals surface area contributed by atoms with Crippen molar-refractivity contribution in [2.75, 3.05) is 0 Å². The van der Waals surface area contributed by atoms with E-state index >= 15 is 0 Å². The summed E-state index contributed by atoms with van der Waals surface area (Å²) in [5, 5.41) is 0. The molecule has 100 valence electrons. The van der Waals surface area contributed by atoms with Crippen molar-refractivity contribution in [2.45, 2.75) is 20.0 Å². The predicted molar refractivity (Wildman–Crippen MR) is 67.4 cm³/mol. The van der Waals surface area contributed by atoms with Gasteiger partial charge < -0.3 is 4.74 Å². The average molecular weight is 266 g/mol. The van der Waals surface area contributed by atoms with Gasteiger partial charge in [-0.05, 0) is 55.3 Å². The first-order valence-corrected chi connectivity index (χ1v) is 5.78. The molecule has 2 aromatic rings. The Morgan fingerprint density at radius 3 is 2.05 bits per heavy atom. The highest BCUT2D eigenvalue weighted by molar-refractivity contribution is 5.38. The number of hydrogen-bond acceptors (Lipinski definition) is 1. The fourth-order valence-electron chi connectivity index (χ4n) is 1.86. The lowest BCUT2D eigenvalue weighted by Gasteiger charge is -2.11. The van der Waals surface area contributed by atoms with E-state index in [1.807, 2.05) is 19.9 Å². The molecule has 0 aliphatic carbocycles. The second-order valence-corrected chi connectivity index (χ2v) is 4.45. The first kappa shape index (κ1) is 13.5. The van der Waals surface area contributed by atoms with Gasteiger partial charge in [0, 0.05) is 0 Å². The highest BCUT2D eigenvalue weighted by Gasteiger charge is 2.30. The van der Waals surface area contributed by atoms with Gasteiger partial charge in [0.05, 0.1) is 5.56 Å². The summed E-state index contributed by atoms with van der Waals surface area (Å²) in [6.45, 7) is 3.82. The number of hydrogen-bond donors (Lipinski definition) is 0. The van der Waals surface area contributed by atoms with E-state index < -0.39 is 11.7 Å². The Morgan fingerprint density at radius 2 is 1.47 bits per heavy atom. The maximum atomic E-state index is 12.6. The lowest BCUT2D eigenvalue weighted by Crippen LogP contribution is -2.04. The van der Waals surface area contributed by atoms with Crippen LogP contribution in [0.3, 0.4) is 0 Å². The molecule has 0 N–H and O–H groups in total. The van der Waals surface area contributed by atoms with Crippen molar-refractivity contribution >= 4 is 0 Å². The third-order valence-corrected chi connectivity index (χ3v) is 2.59. The van der Waals surface area contributed by atoms with Gasteiger partial charge in [0.2, 0.25) is 0 Å². The monoisotopic (exact) mass is 266 g/mol. The minimum atomic E-state index is -4.36. The SMILES string of the molecule is Cc1cc(C)cc(Oc2cccc(C(F)(F)F)c2)c1. The fourth-order valence-corrected chi connectivity index (χ4v) is 1.86. The van der Waals surface area contributed by atoms with Gasteiger partial charge in [-0.3, -0.25) is 0 Å². The largest absolute Gasteiger partial charge is 0.457 e. The van der Waals surface area contributed by atoms with Gasteiger partial charge in [0.15, 0.2) is 0 Å². The van der Waals surface area contributed by atoms with Crippen LogP contribution in [0.4, 0.5) is 13.2 Å². The zero-order chi connectivity index (χ0) is 14.0. The normalized spacial score (nSPS) is 11.4. The molecule has 0 saturated heterocycles. The Hall–Kier alpha value is -1.97. The van der Waals surface area contributed by atoms with Gasteiger partial charge >= 0.3 is 6.18 Å². The lowest BCUT2D eigenvalue weighted by molar-refractivity contribution is -0.137. The van der Waals surface area contributed by atoms with Gasteiger partial charge in [0.1, 0.15) is 11.5 Å². The highest BCUT2D eigenvalue weighted by atomic mass is 19.4. The van der Waals surface area contributed by atoms with Gasteiger partial charge in [-0.2, -0.15) is 13.2 Å². The Balaban J connectivity index is 2.28. The Labute approximate surface area is 109 Å². The molecule has 2 aromatic carbocycles. The third-order valence-electron chi connectivity index (χ3n) is 2.59. The summed E-state index contributed by atoms with van der Waals surface area (Å²) < 4.78 is 43.2. The zero-order valence-electron chi connectivity index (χ0n) is 10.6. The van der Waals surface area contributed by atoms with Crippen molar-refractivity contribution in [3.05, 3.63) is 59.2 Å². The Kier molecular flexibility index (Phi) is 3.51. The molecule has 0 fully saturated rings. The Morgan fingerprint density at radius 1 is 0.842 bits per heavy atom. The summed E-state index contributed by atoms with van der Waals surface area (Å²) in [7, 11) is 0. The van der Waals surface area contributed by atoms with Gasteiger partial charge in [-0.25, -0.2) is 0 Å². The number of rotatable bonds is 2. The number of aryl methyl sites for hydroxylation is 2. The molecule has 0 spiro atoms. The maximum Gasteiger partial charge on any atom is 0.416 e. The van der Waals surface area contributed by atoms with Crippen molar-refractivity contribution < 1.29 is 17.9 Å². The second-order valence-electron chi connectivity index (χ2n) is 4.45. The van der Waals surface area contributed by atoms with E-state index in [2.05, 4.69) is 0 Å². The molecule has 0 aliphatic heterocycles. The van der Waals surface area contributed by atoms with Crippen molar-refractivity contribution in [2.24, 2.45) is 0 Å². The molecule has 2 rings (SSSR count). The van der Waals surface area contributed by atoms with Crippen LogP contribution in [0.5, 0.6) is 11.5 Å². The van der Waals surface area contributed by atoms with Gasteiger partial charge in [0.25, 0.3) is 0 Å². The molecule has 0 aromatic heterocycles. The molecule has 0 amide bonds. The van der Waals surface area contributed by atoms with Crippen molar-refractivity contribution in [3.8, 4) is 11.5 Å². The van der Waals surface area contributed by atoms with E-state index in [9.17, 15) is 13.2 Å². The minimum absolute atomic E-state index is 0.180. The average Bonchev–Trinajstić information content (AvgIpc) is 2.26. The summed E-state index contributed by atoms with van der Waals surface area (Å²) in [5.41, 5.74) is 1.29. The van der Waals surface area contributed by atoms with Crippen LogP contribution >= 0.6 is 0 Å². The van der Waals surface area contributed by atoms with Crippen molar-refractivity contribution in [1.82, 2.24) is 0 Å². The van der Waals surface area contributed by atoms with Crippen LogP contribution in [-0.4, -0.2) is 0 Å². The third kappa shape index (κ3) is 3.50. The van der Waals surface area contributed by atoms with E-state index in [0.717, 1.165) is 23.3 Å². The first-order valence-electron chi connectivity index (χ1n) is 5.78. The van der Waals surface area contributed by atoms with Crippen molar-refractivity contribution in [3.63, 3.8) is 0 Å². The molecule has 1 nitrogen and oxygen atoms in total. The minimum Gasteiger partial charge on any atom is -0.457 e.